The zero-order valence-corrected chi connectivity index (χ0v) is 21.4. The number of methoxy groups -OCH3 is 1. The van der Waals surface area contributed by atoms with Gasteiger partial charge < -0.3 is 9.47 Å². The molecule has 0 saturated heterocycles. The summed E-state index contributed by atoms with van der Waals surface area (Å²) in [5, 5.41) is 0. The fourth-order valence-electron chi connectivity index (χ4n) is 4.47. The maximum atomic E-state index is 5.88. The molecule has 0 aliphatic rings. The average molecular weight is 482 g/mol. The molecule has 1 unspecified atom stereocenters. The van der Waals surface area contributed by atoms with Crippen LogP contribution in [0.3, 0.4) is 0 Å². The van der Waals surface area contributed by atoms with Crippen molar-refractivity contribution in [1.29, 1.82) is 0 Å². The Balaban J connectivity index is 1.60. The molecule has 0 spiro atoms. The van der Waals surface area contributed by atoms with Crippen LogP contribution in [-0.2, 0) is 13.1 Å². The molecule has 0 aliphatic carbocycles. The molecule has 2 heterocycles. The molecule has 4 aromatic rings. The molecule has 186 valence electrons. The van der Waals surface area contributed by atoms with E-state index in [4.69, 9.17) is 9.47 Å². The summed E-state index contributed by atoms with van der Waals surface area (Å²) in [5.74, 6) is 1.97. The van der Waals surface area contributed by atoms with Crippen molar-refractivity contribution in [2.75, 3.05) is 13.7 Å². The second-order valence-corrected chi connectivity index (χ2v) is 9.17. The van der Waals surface area contributed by atoms with E-state index in [-0.39, 0.29) is 12.0 Å². The number of hydrogen-bond acceptors (Lipinski definition) is 5. The molecule has 1 atom stereocenters. The summed E-state index contributed by atoms with van der Waals surface area (Å²) in [5.41, 5.74) is 4.54. The summed E-state index contributed by atoms with van der Waals surface area (Å²) in [6.45, 7) is 6.49. The molecular formula is C31H35N3O2. The number of rotatable bonds is 12. The fourth-order valence-corrected chi connectivity index (χ4v) is 4.47. The van der Waals surface area contributed by atoms with Gasteiger partial charge in [0.15, 0.2) is 0 Å². The van der Waals surface area contributed by atoms with Crippen LogP contribution in [0.25, 0.3) is 0 Å². The van der Waals surface area contributed by atoms with Gasteiger partial charge in [-0.2, -0.15) is 0 Å². The standard InChI is InChI=1S/C31H35N3O2/c1-24(2)36-28-16-14-25(15-17-28)29(30-12-4-5-13-31(30)35-3)18-21-34(22-26-10-6-8-19-32-26)23-27-11-7-9-20-33-27/h4-17,19-20,24,29H,18,21-23H2,1-3H3. The lowest BCUT2D eigenvalue weighted by molar-refractivity contribution is 0.241. The number of ether oxygens (including phenoxy) is 2. The van der Waals surface area contributed by atoms with Crippen molar-refractivity contribution < 1.29 is 9.47 Å². The third-order valence-corrected chi connectivity index (χ3v) is 6.13. The molecule has 0 bridgehead atoms. The van der Waals surface area contributed by atoms with Gasteiger partial charge in [0.25, 0.3) is 0 Å². The van der Waals surface area contributed by atoms with Crippen molar-refractivity contribution in [2.45, 2.75) is 45.4 Å². The highest BCUT2D eigenvalue weighted by Gasteiger charge is 2.20. The lowest BCUT2D eigenvalue weighted by Gasteiger charge is -2.26. The number of aromatic nitrogens is 2. The molecule has 0 radical (unpaired) electrons. The van der Waals surface area contributed by atoms with Crippen molar-refractivity contribution in [2.24, 2.45) is 0 Å². The molecule has 0 saturated carbocycles. The van der Waals surface area contributed by atoms with E-state index < -0.39 is 0 Å². The number of para-hydroxylation sites is 1. The fraction of sp³-hybridized carbons (Fsp3) is 0.290. The molecule has 2 aromatic carbocycles. The third kappa shape index (κ3) is 7.15. The maximum Gasteiger partial charge on any atom is 0.122 e. The van der Waals surface area contributed by atoms with Crippen molar-refractivity contribution in [1.82, 2.24) is 14.9 Å². The highest BCUT2D eigenvalue weighted by molar-refractivity contribution is 5.43. The molecule has 2 aromatic heterocycles. The molecule has 0 amide bonds. The first kappa shape index (κ1) is 25.4. The van der Waals surface area contributed by atoms with Crippen molar-refractivity contribution >= 4 is 0 Å². The van der Waals surface area contributed by atoms with Gasteiger partial charge in [-0.3, -0.25) is 14.9 Å². The lowest BCUT2D eigenvalue weighted by atomic mass is 9.87. The van der Waals surface area contributed by atoms with Crippen molar-refractivity contribution in [3.8, 4) is 11.5 Å². The highest BCUT2D eigenvalue weighted by Crippen LogP contribution is 2.35. The number of nitrogens with zero attached hydrogens (tertiary/aromatic N) is 3. The molecule has 0 fully saturated rings. The molecule has 5 nitrogen and oxygen atoms in total. The second-order valence-electron chi connectivity index (χ2n) is 9.17. The number of pyridine rings is 2. The highest BCUT2D eigenvalue weighted by atomic mass is 16.5. The van der Waals surface area contributed by atoms with E-state index in [1.54, 1.807) is 7.11 Å². The summed E-state index contributed by atoms with van der Waals surface area (Å²) >= 11 is 0. The first-order valence-corrected chi connectivity index (χ1v) is 12.5. The van der Waals surface area contributed by atoms with Crippen LogP contribution < -0.4 is 9.47 Å². The predicted octanol–water partition coefficient (Wildman–Crippen LogP) is 6.50. The van der Waals surface area contributed by atoms with E-state index >= 15 is 0 Å². The van der Waals surface area contributed by atoms with Gasteiger partial charge in [-0.05, 0) is 74.8 Å². The van der Waals surface area contributed by atoms with Crippen LogP contribution in [0.5, 0.6) is 11.5 Å². The topological polar surface area (TPSA) is 47.5 Å². The molecule has 5 heteroatoms. The minimum absolute atomic E-state index is 0.146. The molecular weight excluding hydrogens is 446 g/mol. The monoisotopic (exact) mass is 481 g/mol. The minimum Gasteiger partial charge on any atom is -0.496 e. The largest absolute Gasteiger partial charge is 0.496 e. The van der Waals surface area contributed by atoms with Crippen LogP contribution in [0.2, 0.25) is 0 Å². The van der Waals surface area contributed by atoms with Gasteiger partial charge >= 0.3 is 0 Å². The van der Waals surface area contributed by atoms with Gasteiger partial charge in [0.1, 0.15) is 11.5 Å². The van der Waals surface area contributed by atoms with Crippen LogP contribution in [0.1, 0.15) is 48.7 Å². The van der Waals surface area contributed by atoms with Gasteiger partial charge in [0.2, 0.25) is 0 Å². The lowest BCUT2D eigenvalue weighted by Crippen LogP contribution is -2.26. The number of hydrogen-bond donors (Lipinski definition) is 0. The summed E-state index contributed by atoms with van der Waals surface area (Å²) in [4.78, 5) is 11.6. The van der Waals surface area contributed by atoms with Crippen LogP contribution in [0.15, 0.2) is 97.3 Å². The van der Waals surface area contributed by atoms with Gasteiger partial charge in [0, 0.05) is 37.0 Å². The van der Waals surface area contributed by atoms with Crippen LogP contribution in [0.4, 0.5) is 0 Å². The zero-order chi connectivity index (χ0) is 25.2. The van der Waals surface area contributed by atoms with Crippen LogP contribution in [0, 0.1) is 0 Å². The first-order chi connectivity index (χ1) is 17.6. The van der Waals surface area contributed by atoms with Crippen LogP contribution in [-0.4, -0.2) is 34.6 Å². The van der Waals surface area contributed by atoms with E-state index in [1.165, 1.54) is 11.1 Å². The summed E-state index contributed by atoms with van der Waals surface area (Å²) < 4.78 is 11.6. The normalized spacial score (nSPS) is 12.0. The molecule has 36 heavy (non-hydrogen) atoms. The molecule has 0 aliphatic heterocycles. The Morgan fingerprint density at radius 2 is 1.36 bits per heavy atom. The van der Waals surface area contributed by atoms with E-state index in [1.807, 2.05) is 62.6 Å². The van der Waals surface area contributed by atoms with Crippen LogP contribution >= 0.6 is 0 Å². The van der Waals surface area contributed by atoms with Gasteiger partial charge in [-0.25, -0.2) is 0 Å². The third-order valence-electron chi connectivity index (χ3n) is 6.13. The minimum atomic E-state index is 0.146. The van der Waals surface area contributed by atoms with Crippen molar-refractivity contribution in [3.63, 3.8) is 0 Å². The smallest absolute Gasteiger partial charge is 0.122 e. The summed E-state index contributed by atoms with van der Waals surface area (Å²) in [7, 11) is 1.74. The van der Waals surface area contributed by atoms with Gasteiger partial charge in [-0.1, -0.05) is 42.5 Å². The molecule has 0 N–H and O–H groups in total. The average Bonchev–Trinajstić information content (AvgIpc) is 2.90. The summed E-state index contributed by atoms with van der Waals surface area (Å²) in [6.07, 6.45) is 4.77. The SMILES string of the molecule is COc1ccccc1C(CCN(Cc1ccccn1)Cc1ccccn1)c1ccc(OC(C)C)cc1. The van der Waals surface area contributed by atoms with E-state index in [2.05, 4.69) is 63.4 Å². The Kier molecular flexibility index (Phi) is 9.06. The number of benzene rings is 2. The van der Waals surface area contributed by atoms with E-state index in [9.17, 15) is 0 Å². The maximum absolute atomic E-state index is 5.88. The first-order valence-electron chi connectivity index (χ1n) is 12.5. The summed E-state index contributed by atoms with van der Waals surface area (Å²) in [6, 6.07) is 29.0. The Hall–Kier alpha value is -3.70. The Morgan fingerprint density at radius 3 is 1.92 bits per heavy atom. The second kappa shape index (κ2) is 12.8. The van der Waals surface area contributed by atoms with Gasteiger partial charge in [0.05, 0.1) is 24.6 Å². The molecule has 4 rings (SSSR count). The Morgan fingerprint density at radius 1 is 0.750 bits per heavy atom. The zero-order valence-electron chi connectivity index (χ0n) is 21.4. The van der Waals surface area contributed by atoms with E-state index in [0.29, 0.717) is 0 Å². The van der Waals surface area contributed by atoms with Gasteiger partial charge in [-0.15, -0.1) is 0 Å². The van der Waals surface area contributed by atoms with Crippen molar-refractivity contribution in [3.05, 3.63) is 120 Å². The Bertz CT molecular complexity index is 1140. The Labute approximate surface area is 214 Å². The quantitative estimate of drug-likeness (QED) is 0.231. The predicted molar refractivity (Wildman–Crippen MR) is 144 cm³/mol. The van der Waals surface area contributed by atoms with E-state index in [0.717, 1.165) is 48.9 Å².